The summed E-state index contributed by atoms with van der Waals surface area (Å²) in [6.45, 7) is 10.6. The zero-order chi connectivity index (χ0) is 27.8. The molecule has 4 aromatic rings. The fourth-order valence-electron chi connectivity index (χ4n) is 4.33. The van der Waals surface area contributed by atoms with Crippen LogP contribution in [0.15, 0.2) is 45.0 Å². The molecule has 0 fully saturated rings. The van der Waals surface area contributed by atoms with Crippen molar-refractivity contribution in [3.05, 3.63) is 67.3 Å². The molecule has 2 N–H and O–H groups in total. The van der Waals surface area contributed by atoms with Gasteiger partial charge in [-0.05, 0) is 38.8 Å². The lowest BCUT2D eigenvalue weighted by Gasteiger charge is -2.19. The molecule has 0 bridgehead atoms. The van der Waals surface area contributed by atoms with Gasteiger partial charge in [0.1, 0.15) is 23.5 Å². The second-order valence-electron chi connectivity index (χ2n) is 11.0. The number of pyridine rings is 3. The minimum Gasteiger partial charge on any atom is -0.393 e. The highest BCUT2D eigenvalue weighted by Crippen LogP contribution is 2.23. The first-order valence-corrected chi connectivity index (χ1v) is 16.4. The lowest BCUT2D eigenvalue weighted by molar-refractivity contribution is 0.0871. The van der Waals surface area contributed by atoms with E-state index in [0.717, 1.165) is 16.7 Å². The van der Waals surface area contributed by atoms with Crippen molar-refractivity contribution >= 4 is 30.3 Å². The van der Waals surface area contributed by atoms with Crippen LogP contribution in [-0.4, -0.2) is 49.6 Å². The van der Waals surface area contributed by atoms with Crippen molar-refractivity contribution in [2.24, 2.45) is 0 Å². The van der Waals surface area contributed by atoms with Crippen LogP contribution >= 0.6 is 0 Å². The molecule has 0 aliphatic rings. The van der Waals surface area contributed by atoms with Gasteiger partial charge in [0.25, 0.3) is 0 Å². The topological polar surface area (TPSA) is 124 Å². The number of rotatable bonds is 10. The highest BCUT2D eigenvalue weighted by Gasteiger charge is 2.23. The molecule has 0 saturated carbocycles. The second kappa shape index (κ2) is 10.8. The SMILES string of the molecule is C[C@H](O)CC[C@H](C)n1ccc(=O)c2cc(F)c(-n3c(=O)n(COCC[Si](C)(C)C)c4[nH]ccc(=O)c43)nc21. The first-order chi connectivity index (χ1) is 17.9. The monoisotopic (exact) mass is 543 g/mol. The molecular formula is C26H34FN5O5Si. The Bertz CT molecular complexity index is 1650. The Labute approximate surface area is 219 Å². The largest absolute Gasteiger partial charge is 0.393 e. The molecule has 0 amide bonds. The van der Waals surface area contributed by atoms with Crippen LogP contribution < -0.4 is 16.5 Å². The number of imidazole rings is 1. The third-order valence-electron chi connectivity index (χ3n) is 6.57. The first-order valence-electron chi connectivity index (χ1n) is 12.7. The quantitative estimate of drug-likeness (QED) is 0.234. The number of halogens is 1. The normalized spacial score (nSPS) is 13.9. The van der Waals surface area contributed by atoms with Crippen molar-refractivity contribution in [1.82, 2.24) is 23.7 Å². The van der Waals surface area contributed by atoms with Crippen LogP contribution in [0.25, 0.3) is 28.0 Å². The molecular weight excluding hydrogens is 509 g/mol. The van der Waals surface area contributed by atoms with Gasteiger partial charge in [-0.2, -0.15) is 0 Å². The average Bonchev–Trinajstić information content (AvgIpc) is 3.12. The molecule has 10 nitrogen and oxygen atoms in total. The van der Waals surface area contributed by atoms with Gasteiger partial charge < -0.3 is 19.4 Å². The van der Waals surface area contributed by atoms with Gasteiger partial charge in [0.15, 0.2) is 17.1 Å². The van der Waals surface area contributed by atoms with Gasteiger partial charge in [-0.15, -0.1) is 0 Å². The Hall–Kier alpha value is -3.35. The zero-order valence-electron chi connectivity index (χ0n) is 22.3. The Morgan fingerprint density at radius 1 is 1.13 bits per heavy atom. The van der Waals surface area contributed by atoms with Crippen molar-refractivity contribution in [2.45, 2.75) is 71.3 Å². The summed E-state index contributed by atoms with van der Waals surface area (Å²) in [5, 5.41) is 9.76. The maximum absolute atomic E-state index is 15.5. The fraction of sp³-hybridized carbons (Fsp3) is 0.462. The fourth-order valence-corrected chi connectivity index (χ4v) is 5.09. The van der Waals surface area contributed by atoms with Crippen LogP contribution in [0.3, 0.4) is 0 Å². The Balaban J connectivity index is 1.88. The molecule has 0 aliphatic carbocycles. The van der Waals surface area contributed by atoms with Gasteiger partial charge in [0, 0.05) is 45.2 Å². The molecule has 12 heteroatoms. The van der Waals surface area contributed by atoms with Crippen LogP contribution in [0.2, 0.25) is 25.7 Å². The molecule has 0 aromatic carbocycles. The highest BCUT2D eigenvalue weighted by atomic mass is 28.3. The lowest BCUT2D eigenvalue weighted by Crippen LogP contribution is -2.27. The van der Waals surface area contributed by atoms with Gasteiger partial charge in [0.05, 0.1) is 11.5 Å². The molecule has 4 heterocycles. The number of aromatic amines is 1. The van der Waals surface area contributed by atoms with Crippen molar-refractivity contribution in [1.29, 1.82) is 0 Å². The van der Waals surface area contributed by atoms with Gasteiger partial charge in [0.2, 0.25) is 5.43 Å². The Morgan fingerprint density at radius 3 is 2.55 bits per heavy atom. The predicted molar refractivity (Wildman–Crippen MR) is 147 cm³/mol. The van der Waals surface area contributed by atoms with Gasteiger partial charge in [-0.25, -0.2) is 18.7 Å². The number of nitrogens with one attached hydrogen (secondary N) is 1. The number of nitrogens with zero attached hydrogens (tertiary/aromatic N) is 4. The maximum atomic E-state index is 15.5. The van der Waals surface area contributed by atoms with E-state index >= 15 is 4.39 Å². The van der Waals surface area contributed by atoms with Crippen LogP contribution in [0.4, 0.5) is 4.39 Å². The summed E-state index contributed by atoms with van der Waals surface area (Å²) in [4.78, 5) is 46.4. The van der Waals surface area contributed by atoms with Crippen LogP contribution in [0.5, 0.6) is 0 Å². The van der Waals surface area contributed by atoms with Crippen molar-refractivity contribution in [2.75, 3.05) is 6.61 Å². The molecule has 0 aliphatic heterocycles. The second-order valence-corrected chi connectivity index (χ2v) is 16.6. The molecule has 38 heavy (non-hydrogen) atoms. The van der Waals surface area contributed by atoms with Crippen molar-refractivity contribution in [3.63, 3.8) is 0 Å². The minimum absolute atomic E-state index is 0.0537. The van der Waals surface area contributed by atoms with E-state index in [9.17, 15) is 19.5 Å². The minimum atomic E-state index is -1.36. The Morgan fingerprint density at radius 2 is 1.87 bits per heavy atom. The molecule has 204 valence electrons. The zero-order valence-corrected chi connectivity index (χ0v) is 23.3. The van der Waals surface area contributed by atoms with E-state index < -0.39 is 36.5 Å². The molecule has 4 aromatic heterocycles. The molecule has 0 radical (unpaired) electrons. The number of hydrogen-bond donors (Lipinski definition) is 2. The van der Waals surface area contributed by atoms with Gasteiger partial charge in [-0.3, -0.25) is 14.2 Å². The number of ether oxygens (including phenoxy) is 1. The molecule has 0 unspecified atom stereocenters. The molecule has 4 rings (SSSR count). The van der Waals surface area contributed by atoms with E-state index in [1.807, 2.05) is 6.92 Å². The highest BCUT2D eigenvalue weighted by molar-refractivity contribution is 6.76. The predicted octanol–water partition coefficient (Wildman–Crippen LogP) is 3.36. The number of aromatic nitrogens is 5. The average molecular weight is 544 g/mol. The first kappa shape index (κ1) is 27.7. The van der Waals surface area contributed by atoms with E-state index in [0.29, 0.717) is 19.4 Å². The summed E-state index contributed by atoms with van der Waals surface area (Å²) in [7, 11) is -1.36. The maximum Gasteiger partial charge on any atom is 0.338 e. The molecule has 0 saturated heterocycles. The number of aliphatic hydroxyl groups is 1. The molecule has 0 spiro atoms. The third kappa shape index (κ3) is 5.57. The number of aliphatic hydroxyl groups excluding tert-OH is 1. The smallest absolute Gasteiger partial charge is 0.338 e. The summed E-state index contributed by atoms with van der Waals surface area (Å²) in [6, 6.07) is 4.35. The summed E-state index contributed by atoms with van der Waals surface area (Å²) in [5.41, 5.74) is -1.30. The summed E-state index contributed by atoms with van der Waals surface area (Å²) in [5.74, 6) is -1.29. The third-order valence-corrected chi connectivity index (χ3v) is 8.27. The van der Waals surface area contributed by atoms with E-state index in [1.54, 1.807) is 17.7 Å². The number of H-pyrrole nitrogens is 1. The van der Waals surface area contributed by atoms with Crippen LogP contribution in [-0.2, 0) is 11.5 Å². The van der Waals surface area contributed by atoms with E-state index in [1.165, 1.54) is 22.9 Å². The van der Waals surface area contributed by atoms with E-state index in [-0.39, 0.29) is 40.8 Å². The standard InChI is InChI=1S/C26H34FN5O5Si/c1-16(6-7-17(2)33)30-11-9-20(34)18-14-19(27)24(29-23(18)30)32-22-21(35)8-10-28-25(22)31(26(32)36)15-37-12-13-38(3,4)5/h8-11,14,16-17,33H,6-7,12-13,15H2,1-5H3,(H,28,35)/t16-,17-/m0/s1. The summed E-state index contributed by atoms with van der Waals surface area (Å²) in [6.07, 6.45) is 3.57. The summed E-state index contributed by atoms with van der Waals surface area (Å²) >= 11 is 0. The Kier molecular flexibility index (Phi) is 7.86. The number of hydrogen-bond acceptors (Lipinski definition) is 6. The van der Waals surface area contributed by atoms with E-state index in [4.69, 9.17) is 4.74 Å². The lowest BCUT2D eigenvalue weighted by atomic mass is 10.1. The van der Waals surface area contributed by atoms with Crippen molar-refractivity contribution < 1.29 is 14.2 Å². The van der Waals surface area contributed by atoms with E-state index in [2.05, 4.69) is 29.6 Å². The van der Waals surface area contributed by atoms with Gasteiger partial charge >= 0.3 is 5.69 Å². The van der Waals surface area contributed by atoms with Crippen LogP contribution in [0, 0.1) is 5.82 Å². The van der Waals surface area contributed by atoms with Crippen molar-refractivity contribution in [3.8, 4) is 5.82 Å². The summed E-state index contributed by atoms with van der Waals surface area (Å²) < 4.78 is 25.2. The molecule has 2 atom stereocenters. The van der Waals surface area contributed by atoms with Gasteiger partial charge in [-0.1, -0.05) is 19.6 Å². The number of fused-ring (bicyclic) bond motifs is 2. The van der Waals surface area contributed by atoms with Crippen LogP contribution in [0.1, 0.15) is 32.7 Å².